The number of hydrogen-bond donors (Lipinski definition) is 0. The van der Waals surface area contributed by atoms with Gasteiger partial charge in [0.25, 0.3) is 0 Å². The van der Waals surface area contributed by atoms with Crippen molar-refractivity contribution >= 4 is 23.1 Å². The zero-order chi connectivity index (χ0) is 19.4. The molecular weight excluding hydrogens is 369 g/mol. The van der Waals surface area contributed by atoms with Crippen LogP contribution in [0, 0.1) is 5.82 Å². The van der Waals surface area contributed by atoms with Crippen LogP contribution in [-0.4, -0.2) is 23.8 Å². The molecule has 0 radical (unpaired) electrons. The van der Waals surface area contributed by atoms with Crippen LogP contribution in [0.3, 0.4) is 0 Å². The summed E-state index contributed by atoms with van der Waals surface area (Å²) in [4.78, 5) is 27.2. The number of aromatic nitrogens is 1. The van der Waals surface area contributed by atoms with Crippen LogP contribution in [0.2, 0.25) is 0 Å². The maximum absolute atomic E-state index is 13.8. The van der Waals surface area contributed by atoms with Gasteiger partial charge in [0.1, 0.15) is 23.2 Å². The predicted octanol–water partition coefficient (Wildman–Crippen LogP) is 4.52. The van der Waals surface area contributed by atoms with Gasteiger partial charge >= 0.3 is 5.97 Å². The topological polar surface area (TPSA) is 65.5 Å². The predicted molar refractivity (Wildman–Crippen MR) is 99.6 cm³/mol. The third-order valence-electron chi connectivity index (χ3n) is 3.81. The Morgan fingerprint density at radius 2 is 1.89 bits per heavy atom. The number of esters is 1. The average molecular weight is 385 g/mol. The van der Waals surface area contributed by atoms with Crippen LogP contribution in [0.4, 0.5) is 4.39 Å². The molecule has 0 aliphatic rings. The fourth-order valence-electron chi connectivity index (χ4n) is 2.40. The first-order valence-electron chi connectivity index (χ1n) is 8.04. The van der Waals surface area contributed by atoms with Crippen molar-refractivity contribution in [2.24, 2.45) is 0 Å². The zero-order valence-electron chi connectivity index (χ0n) is 14.7. The minimum Gasteiger partial charge on any atom is -0.487 e. The Hall–Kier alpha value is -3.06. The molecule has 1 heterocycles. The molecule has 1 aromatic heterocycles. The van der Waals surface area contributed by atoms with Crippen LogP contribution in [0.25, 0.3) is 10.6 Å². The number of methoxy groups -OCH3 is 1. The molecule has 0 atom stereocenters. The van der Waals surface area contributed by atoms with E-state index in [1.165, 1.54) is 37.5 Å². The van der Waals surface area contributed by atoms with E-state index in [1.807, 2.05) is 5.38 Å². The molecule has 138 valence electrons. The summed E-state index contributed by atoms with van der Waals surface area (Å²) in [5, 5.41) is 2.63. The number of thiazole rings is 1. The van der Waals surface area contributed by atoms with E-state index in [4.69, 9.17) is 4.74 Å². The van der Waals surface area contributed by atoms with Crippen LogP contribution in [0.1, 0.15) is 33.3 Å². The van der Waals surface area contributed by atoms with E-state index in [1.54, 1.807) is 30.3 Å². The Bertz CT molecular complexity index is 982. The lowest BCUT2D eigenvalue weighted by atomic mass is 10.1. The van der Waals surface area contributed by atoms with Crippen molar-refractivity contribution in [2.75, 3.05) is 7.11 Å². The van der Waals surface area contributed by atoms with Crippen LogP contribution in [0.5, 0.6) is 5.75 Å². The molecule has 0 unspecified atom stereocenters. The van der Waals surface area contributed by atoms with Crippen LogP contribution >= 0.6 is 11.3 Å². The fraction of sp³-hybridized carbons (Fsp3) is 0.150. The van der Waals surface area contributed by atoms with Crippen molar-refractivity contribution < 1.29 is 23.5 Å². The largest absolute Gasteiger partial charge is 0.487 e. The van der Waals surface area contributed by atoms with Gasteiger partial charge in [0, 0.05) is 17.0 Å². The number of rotatable bonds is 6. The van der Waals surface area contributed by atoms with Gasteiger partial charge < -0.3 is 9.47 Å². The van der Waals surface area contributed by atoms with E-state index in [-0.39, 0.29) is 18.0 Å². The first kappa shape index (κ1) is 18.7. The van der Waals surface area contributed by atoms with E-state index < -0.39 is 11.8 Å². The highest BCUT2D eigenvalue weighted by Crippen LogP contribution is 2.25. The number of carbonyl (C=O) groups excluding carboxylic acids is 2. The van der Waals surface area contributed by atoms with E-state index >= 15 is 0 Å². The molecule has 0 fully saturated rings. The summed E-state index contributed by atoms with van der Waals surface area (Å²) in [6.45, 7) is 1.49. The van der Waals surface area contributed by atoms with Gasteiger partial charge in [-0.05, 0) is 31.2 Å². The number of hydrogen-bond acceptors (Lipinski definition) is 6. The number of ketones is 1. The third-order valence-corrected chi connectivity index (χ3v) is 4.75. The van der Waals surface area contributed by atoms with Crippen molar-refractivity contribution in [3.8, 4) is 16.3 Å². The molecule has 27 heavy (non-hydrogen) atoms. The van der Waals surface area contributed by atoms with Crippen LogP contribution in [0.15, 0.2) is 47.8 Å². The first-order chi connectivity index (χ1) is 13.0. The summed E-state index contributed by atoms with van der Waals surface area (Å²) in [5.41, 5.74) is 2.07. The molecule has 3 aromatic rings. The summed E-state index contributed by atoms with van der Waals surface area (Å²) in [5.74, 6) is -1.00. The Labute approximate surface area is 159 Å². The Kier molecular flexibility index (Phi) is 5.61. The van der Waals surface area contributed by atoms with Crippen molar-refractivity contribution in [1.82, 2.24) is 4.98 Å². The minimum atomic E-state index is -0.607. The Balaban J connectivity index is 1.67. The minimum absolute atomic E-state index is 0.0358. The summed E-state index contributed by atoms with van der Waals surface area (Å²) < 4.78 is 24.0. The van der Waals surface area contributed by atoms with Gasteiger partial charge in [0.05, 0.1) is 23.9 Å². The van der Waals surface area contributed by atoms with E-state index in [2.05, 4.69) is 9.72 Å². The van der Waals surface area contributed by atoms with Crippen molar-refractivity contribution in [1.29, 1.82) is 0 Å². The van der Waals surface area contributed by atoms with Gasteiger partial charge in [-0.2, -0.15) is 0 Å². The average Bonchev–Trinajstić information content (AvgIpc) is 3.14. The second kappa shape index (κ2) is 8.09. The van der Waals surface area contributed by atoms with Gasteiger partial charge in [-0.15, -0.1) is 11.3 Å². The van der Waals surface area contributed by atoms with E-state index in [0.717, 1.165) is 10.6 Å². The molecule has 0 N–H and O–H groups in total. The smallest absolute Gasteiger partial charge is 0.337 e. The van der Waals surface area contributed by atoms with Crippen molar-refractivity contribution in [3.05, 3.63) is 70.5 Å². The molecule has 0 bridgehead atoms. The molecule has 0 aliphatic carbocycles. The molecule has 7 heteroatoms. The highest BCUT2D eigenvalue weighted by molar-refractivity contribution is 7.13. The molecule has 0 amide bonds. The molecule has 0 saturated heterocycles. The maximum Gasteiger partial charge on any atom is 0.337 e. The zero-order valence-corrected chi connectivity index (χ0v) is 15.5. The summed E-state index contributed by atoms with van der Waals surface area (Å²) >= 11 is 1.44. The molecule has 0 spiro atoms. The normalized spacial score (nSPS) is 10.5. The maximum atomic E-state index is 13.8. The second-order valence-corrected chi connectivity index (χ2v) is 6.56. The highest BCUT2D eigenvalue weighted by Gasteiger charge is 2.11. The second-order valence-electron chi connectivity index (χ2n) is 5.70. The summed E-state index contributed by atoms with van der Waals surface area (Å²) in [7, 11) is 1.34. The van der Waals surface area contributed by atoms with Gasteiger partial charge in [-0.25, -0.2) is 14.2 Å². The van der Waals surface area contributed by atoms with Gasteiger partial charge in [-0.1, -0.05) is 12.1 Å². The van der Waals surface area contributed by atoms with Crippen LogP contribution in [-0.2, 0) is 11.3 Å². The molecule has 0 aliphatic heterocycles. The van der Waals surface area contributed by atoms with Gasteiger partial charge in [0.15, 0.2) is 5.78 Å². The van der Waals surface area contributed by atoms with E-state index in [0.29, 0.717) is 17.0 Å². The lowest BCUT2D eigenvalue weighted by molar-refractivity contribution is 0.0600. The fourth-order valence-corrected chi connectivity index (χ4v) is 3.21. The molecule has 2 aromatic carbocycles. The first-order valence-corrected chi connectivity index (χ1v) is 8.92. The summed E-state index contributed by atoms with van der Waals surface area (Å²) in [6, 6.07) is 11.1. The standard InChI is InChI=1S/C20H16FNO4S/c1-12(23)17-8-7-16(9-18(17)21)26-10-15-11-27-19(22-15)13-3-5-14(6-4-13)20(24)25-2/h3-9,11H,10H2,1-2H3. The number of nitrogens with zero attached hydrogens (tertiary/aromatic N) is 1. The highest BCUT2D eigenvalue weighted by atomic mass is 32.1. The van der Waals surface area contributed by atoms with E-state index in [9.17, 15) is 14.0 Å². The molecular formula is C20H16FNO4S. The van der Waals surface area contributed by atoms with Gasteiger partial charge in [-0.3, -0.25) is 4.79 Å². The Morgan fingerprint density at radius 3 is 2.52 bits per heavy atom. The lowest BCUT2D eigenvalue weighted by Gasteiger charge is -2.06. The molecule has 3 rings (SSSR count). The number of Topliss-reactive ketones (excluding diaryl/α,β-unsaturated/α-hetero) is 1. The number of benzene rings is 2. The lowest BCUT2D eigenvalue weighted by Crippen LogP contribution is -2.00. The monoisotopic (exact) mass is 385 g/mol. The number of halogens is 1. The SMILES string of the molecule is COC(=O)c1ccc(-c2nc(COc3ccc(C(C)=O)c(F)c3)cs2)cc1. The van der Waals surface area contributed by atoms with Gasteiger partial charge in [0.2, 0.25) is 0 Å². The number of carbonyl (C=O) groups is 2. The molecule has 0 saturated carbocycles. The number of ether oxygens (including phenoxy) is 2. The summed E-state index contributed by atoms with van der Waals surface area (Å²) in [6.07, 6.45) is 0. The van der Waals surface area contributed by atoms with Crippen molar-refractivity contribution in [2.45, 2.75) is 13.5 Å². The molecule has 5 nitrogen and oxygen atoms in total. The third kappa shape index (κ3) is 4.38. The van der Waals surface area contributed by atoms with Crippen LogP contribution < -0.4 is 4.74 Å². The van der Waals surface area contributed by atoms with Crippen molar-refractivity contribution in [3.63, 3.8) is 0 Å². The Morgan fingerprint density at radius 1 is 1.15 bits per heavy atom. The quantitative estimate of drug-likeness (QED) is 0.461.